The summed E-state index contributed by atoms with van der Waals surface area (Å²) in [5, 5.41) is 3.25. The predicted molar refractivity (Wildman–Crippen MR) is 50.1 cm³/mol. The summed E-state index contributed by atoms with van der Waals surface area (Å²) < 4.78 is 0. The van der Waals surface area contributed by atoms with Crippen LogP contribution < -0.4 is 11.1 Å². The molecule has 11 heavy (non-hydrogen) atoms. The molecule has 0 aromatic carbocycles. The van der Waals surface area contributed by atoms with E-state index in [-0.39, 0.29) is 10.9 Å². The van der Waals surface area contributed by atoms with Crippen LogP contribution in [0.1, 0.15) is 20.8 Å². The molecule has 0 rings (SSSR count). The highest BCUT2D eigenvalue weighted by Crippen LogP contribution is 2.08. The third-order valence-electron chi connectivity index (χ3n) is 1.03. The van der Waals surface area contributed by atoms with Gasteiger partial charge in [-0.25, -0.2) is 0 Å². The Morgan fingerprint density at radius 1 is 1.64 bits per heavy atom. The summed E-state index contributed by atoms with van der Waals surface area (Å²) in [4.78, 5) is 10.1. The molecule has 0 aliphatic carbocycles. The van der Waals surface area contributed by atoms with Crippen LogP contribution in [-0.4, -0.2) is 23.1 Å². The zero-order valence-electron chi connectivity index (χ0n) is 7.26. The molecule has 1 unspecified atom stereocenters. The highest BCUT2D eigenvalue weighted by atomic mass is 32.2. The van der Waals surface area contributed by atoms with E-state index in [2.05, 4.69) is 5.32 Å². The molecule has 3 N–H and O–H groups in total. The lowest BCUT2D eigenvalue weighted by molar-refractivity contribution is 0.417. The topological polar surface area (TPSA) is 55.1 Å². The van der Waals surface area contributed by atoms with Gasteiger partial charge in [-0.2, -0.15) is 0 Å². The Bertz CT molecular complexity index is 122. The monoisotopic (exact) mass is 176 g/mol. The Morgan fingerprint density at radius 2 is 2.18 bits per heavy atom. The first-order valence-electron chi connectivity index (χ1n) is 3.56. The normalized spacial score (nSPS) is 14.5. The number of carbonyl (C=O) groups is 1. The fraction of sp³-hybridized carbons (Fsp3) is 0.857. The molecule has 0 amide bonds. The maximum absolute atomic E-state index is 10.1. The zero-order chi connectivity index (χ0) is 8.91. The van der Waals surface area contributed by atoms with Gasteiger partial charge in [-0.1, -0.05) is 11.8 Å². The van der Waals surface area contributed by atoms with Gasteiger partial charge >= 0.3 is 0 Å². The Kier molecular flexibility index (Phi) is 4.72. The van der Waals surface area contributed by atoms with Crippen molar-refractivity contribution in [2.75, 3.05) is 6.54 Å². The average molecular weight is 176 g/mol. The first kappa shape index (κ1) is 10.9. The van der Waals surface area contributed by atoms with E-state index in [9.17, 15) is 4.79 Å². The highest BCUT2D eigenvalue weighted by molar-refractivity contribution is 8.12. The van der Waals surface area contributed by atoms with Crippen molar-refractivity contribution in [3.63, 3.8) is 0 Å². The van der Waals surface area contributed by atoms with E-state index in [1.807, 2.05) is 20.8 Å². The lowest BCUT2D eigenvalue weighted by Gasteiger charge is -2.25. The first-order chi connectivity index (χ1) is 4.99. The molecular weight excluding hydrogens is 160 g/mol. The van der Waals surface area contributed by atoms with E-state index in [1.165, 1.54) is 11.8 Å². The van der Waals surface area contributed by atoms with E-state index >= 15 is 0 Å². The van der Waals surface area contributed by atoms with Crippen LogP contribution in [0.25, 0.3) is 0 Å². The molecule has 3 nitrogen and oxygen atoms in total. The van der Waals surface area contributed by atoms with Crippen LogP contribution in [0, 0.1) is 0 Å². The van der Waals surface area contributed by atoms with Crippen molar-refractivity contribution in [2.45, 2.75) is 31.7 Å². The molecular formula is C7H16N2OS. The second-order valence-corrected chi connectivity index (χ2v) is 4.38. The summed E-state index contributed by atoms with van der Waals surface area (Å²) in [6, 6.07) is 0. The van der Waals surface area contributed by atoms with Gasteiger partial charge in [0.1, 0.15) is 0 Å². The van der Waals surface area contributed by atoms with Gasteiger partial charge in [0.2, 0.25) is 0 Å². The quantitative estimate of drug-likeness (QED) is 0.486. The predicted octanol–water partition coefficient (Wildman–Crippen LogP) is 0.583. The molecule has 0 aliphatic heterocycles. The number of carbonyl (C=O) groups excluding carboxylic acids is 1. The minimum absolute atomic E-state index is 0.0139. The third kappa shape index (κ3) is 6.34. The number of rotatable bonds is 4. The average Bonchev–Trinajstić information content (AvgIpc) is 1.84. The molecule has 0 saturated heterocycles. The molecule has 0 saturated carbocycles. The van der Waals surface area contributed by atoms with Crippen molar-refractivity contribution in [3.8, 4) is 0 Å². The zero-order valence-corrected chi connectivity index (χ0v) is 8.07. The van der Waals surface area contributed by atoms with Crippen LogP contribution in [0.2, 0.25) is 0 Å². The van der Waals surface area contributed by atoms with Crippen LogP contribution >= 0.6 is 11.8 Å². The van der Waals surface area contributed by atoms with Gasteiger partial charge in [-0.15, -0.1) is 0 Å². The van der Waals surface area contributed by atoms with Crippen LogP contribution in [-0.2, 0) is 4.79 Å². The third-order valence-corrected chi connectivity index (χ3v) is 1.78. The maximum Gasteiger partial charge on any atom is 0.177 e. The molecule has 0 heterocycles. The molecule has 0 aromatic heterocycles. The Morgan fingerprint density at radius 3 is 2.45 bits per heavy atom. The summed E-state index contributed by atoms with van der Waals surface area (Å²) in [6.45, 7) is 6.60. The summed E-state index contributed by atoms with van der Waals surface area (Å²) in [7, 11) is 0. The lowest BCUT2D eigenvalue weighted by atomic mass is 10.1. The van der Waals surface area contributed by atoms with E-state index < -0.39 is 0 Å². The van der Waals surface area contributed by atoms with E-state index in [1.54, 1.807) is 0 Å². The Balaban J connectivity index is 3.77. The number of nitrogens with two attached hydrogens (primary N) is 1. The molecule has 0 radical (unpaired) electrons. The van der Waals surface area contributed by atoms with Gasteiger partial charge in [0, 0.05) is 12.1 Å². The van der Waals surface area contributed by atoms with Crippen molar-refractivity contribution in [1.29, 1.82) is 0 Å². The minimum Gasteiger partial charge on any atom is -0.328 e. The molecule has 66 valence electrons. The van der Waals surface area contributed by atoms with E-state index in [0.29, 0.717) is 6.54 Å². The largest absolute Gasteiger partial charge is 0.328 e. The molecule has 0 spiro atoms. The van der Waals surface area contributed by atoms with Gasteiger partial charge in [-0.3, -0.25) is 10.1 Å². The van der Waals surface area contributed by atoms with Crippen LogP contribution in [0.15, 0.2) is 0 Å². The molecule has 1 atom stereocenters. The van der Waals surface area contributed by atoms with Crippen molar-refractivity contribution >= 4 is 17.4 Å². The number of hydrogen-bond donors (Lipinski definition) is 2. The number of thioether (sulfide) groups is 1. The summed E-state index contributed by atoms with van der Waals surface area (Å²) in [5.74, 6) is 0. The van der Waals surface area contributed by atoms with Gasteiger partial charge in [0.05, 0.1) is 5.37 Å². The number of nitrogens with one attached hydrogen (secondary N) is 1. The first-order valence-corrected chi connectivity index (χ1v) is 4.51. The van der Waals surface area contributed by atoms with Gasteiger partial charge in [0.25, 0.3) is 0 Å². The van der Waals surface area contributed by atoms with Crippen LogP contribution in [0.5, 0.6) is 0 Å². The summed E-state index contributed by atoms with van der Waals surface area (Å²) >= 11 is 1.19. The molecule has 4 heteroatoms. The van der Waals surface area contributed by atoms with Crippen molar-refractivity contribution in [3.05, 3.63) is 0 Å². The fourth-order valence-electron chi connectivity index (χ4n) is 0.699. The van der Waals surface area contributed by atoms with Crippen molar-refractivity contribution in [1.82, 2.24) is 5.32 Å². The summed E-state index contributed by atoms with van der Waals surface area (Å²) in [5.41, 5.74) is 6.25. The summed E-state index contributed by atoms with van der Waals surface area (Å²) in [6.07, 6.45) is 0. The lowest BCUT2D eigenvalue weighted by Crippen LogP contribution is -2.45. The second kappa shape index (κ2) is 4.74. The fourth-order valence-corrected chi connectivity index (χ4v) is 1.37. The molecule has 0 bridgehead atoms. The van der Waals surface area contributed by atoms with E-state index in [0.717, 1.165) is 5.62 Å². The second-order valence-electron chi connectivity index (χ2n) is 3.35. The molecule has 0 aromatic rings. The van der Waals surface area contributed by atoms with Gasteiger partial charge < -0.3 is 5.73 Å². The van der Waals surface area contributed by atoms with Crippen LogP contribution in [0.4, 0.5) is 0 Å². The molecule has 0 aliphatic rings. The number of hydrogen-bond acceptors (Lipinski definition) is 4. The highest BCUT2D eigenvalue weighted by Gasteiger charge is 2.15. The van der Waals surface area contributed by atoms with Gasteiger partial charge in [-0.05, 0) is 20.8 Å². The minimum atomic E-state index is 0.0139. The van der Waals surface area contributed by atoms with Crippen molar-refractivity contribution in [2.24, 2.45) is 5.73 Å². The van der Waals surface area contributed by atoms with Crippen molar-refractivity contribution < 1.29 is 4.79 Å². The Hall–Kier alpha value is -0.0600. The standard InChI is InChI=1S/C7H16N2OS/c1-7(2,3)9-6(4-8)11-5-10/h5-6,9H,4,8H2,1-3H3. The van der Waals surface area contributed by atoms with E-state index in [4.69, 9.17) is 5.73 Å². The Labute approximate surface area is 72.1 Å². The smallest absolute Gasteiger partial charge is 0.177 e. The van der Waals surface area contributed by atoms with Crippen LogP contribution in [0.3, 0.4) is 0 Å². The van der Waals surface area contributed by atoms with Gasteiger partial charge in [0.15, 0.2) is 5.62 Å². The SMILES string of the molecule is CC(C)(C)NC(CN)SC=O. The molecule has 0 fully saturated rings. The maximum atomic E-state index is 10.1.